The molecule has 1 aliphatic rings. The summed E-state index contributed by atoms with van der Waals surface area (Å²) in [7, 11) is 3.39. The zero-order valence-corrected chi connectivity index (χ0v) is 15.2. The van der Waals surface area contributed by atoms with E-state index in [1.807, 2.05) is 29.6 Å². The SMILES string of the molecule is COc1ccccc1CN(C)C(=O)Cc1csc(N2CCCC2=O)n1. The summed E-state index contributed by atoms with van der Waals surface area (Å²) in [6, 6.07) is 7.66. The molecular formula is C18H21N3O3S. The first-order valence-electron chi connectivity index (χ1n) is 8.19. The highest BCUT2D eigenvalue weighted by Crippen LogP contribution is 2.26. The van der Waals surface area contributed by atoms with E-state index in [0.717, 1.165) is 17.7 Å². The van der Waals surface area contributed by atoms with Gasteiger partial charge in [0.2, 0.25) is 11.8 Å². The number of ether oxygens (including phenoxy) is 1. The predicted molar refractivity (Wildman–Crippen MR) is 96.9 cm³/mol. The molecule has 1 aromatic heterocycles. The van der Waals surface area contributed by atoms with Gasteiger partial charge in [0.25, 0.3) is 0 Å². The van der Waals surface area contributed by atoms with E-state index in [0.29, 0.717) is 30.3 Å². The van der Waals surface area contributed by atoms with Gasteiger partial charge in [-0.2, -0.15) is 0 Å². The van der Waals surface area contributed by atoms with Crippen LogP contribution in [0.15, 0.2) is 29.6 Å². The van der Waals surface area contributed by atoms with E-state index < -0.39 is 0 Å². The number of thiazole rings is 1. The van der Waals surface area contributed by atoms with Crippen LogP contribution in [0.25, 0.3) is 0 Å². The van der Waals surface area contributed by atoms with Gasteiger partial charge in [-0.15, -0.1) is 11.3 Å². The number of likely N-dealkylation sites (N-methyl/N-ethyl adjacent to an activating group) is 1. The lowest BCUT2D eigenvalue weighted by Gasteiger charge is -2.18. The molecule has 2 heterocycles. The van der Waals surface area contributed by atoms with Gasteiger partial charge < -0.3 is 9.64 Å². The van der Waals surface area contributed by atoms with Crippen LogP contribution in [-0.2, 0) is 22.6 Å². The van der Waals surface area contributed by atoms with Crippen LogP contribution in [0.2, 0.25) is 0 Å². The van der Waals surface area contributed by atoms with E-state index in [9.17, 15) is 9.59 Å². The first-order chi connectivity index (χ1) is 12.1. The number of nitrogens with zero attached hydrogens (tertiary/aromatic N) is 3. The minimum atomic E-state index is -0.0181. The van der Waals surface area contributed by atoms with Gasteiger partial charge in [-0.3, -0.25) is 14.5 Å². The van der Waals surface area contributed by atoms with E-state index in [1.165, 1.54) is 11.3 Å². The van der Waals surface area contributed by atoms with Crippen molar-refractivity contribution in [2.45, 2.75) is 25.8 Å². The third-order valence-electron chi connectivity index (χ3n) is 4.20. The lowest BCUT2D eigenvalue weighted by molar-refractivity contribution is -0.129. The first kappa shape index (κ1) is 17.4. The molecule has 2 aromatic rings. The summed E-state index contributed by atoms with van der Waals surface area (Å²) in [5, 5.41) is 2.55. The molecule has 0 N–H and O–H groups in total. The molecule has 2 amide bonds. The number of hydrogen-bond acceptors (Lipinski definition) is 5. The topological polar surface area (TPSA) is 62.7 Å². The fourth-order valence-electron chi connectivity index (χ4n) is 2.82. The number of hydrogen-bond donors (Lipinski definition) is 0. The van der Waals surface area contributed by atoms with Crippen molar-refractivity contribution in [3.8, 4) is 5.75 Å². The van der Waals surface area contributed by atoms with Crippen LogP contribution in [0.3, 0.4) is 0 Å². The highest BCUT2D eigenvalue weighted by atomic mass is 32.1. The lowest BCUT2D eigenvalue weighted by atomic mass is 10.2. The van der Waals surface area contributed by atoms with Gasteiger partial charge in [0.05, 0.1) is 19.2 Å². The third kappa shape index (κ3) is 3.99. The second-order valence-corrected chi connectivity index (χ2v) is 6.85. The maximum Gasteiger partial charge on any atom is 0.228 e. The number of para-hydroxylation sites is 1. The highest BCUT2D eigenvalue weighted by Gasteiger charge is 2.24. The first-order valence-corrected chi connectivity index (χ1v) is 9.07. The van der Waals surface area contributed by atoms with Crippen molar-refractivity contribution in [3.63, 3.8) is 0 Å². The maximum absolute atomic E-state index is 12.5. The van der Waals surface area contributed by atoms with E-state index in [1.54, 1.807) is 24.0 Å². The summed E-state index contributed by atoms with van der Waals surface area (Å²) in [6.45, 7) is 1.19. The normalized spacial score (nSPS) is 14.0. The minimum Gasteiger partial charge on any atom is -0.496 e. The maximum atomic E-state index is 12.5. The Balaban J connectivity index is 1.62. The molecular weight excluding hydrogens is 338 g/mol. The standard InChI is InChI=1S/C18H21N3O3S/c1-20(11-13-6-3-4-7-15(13)24-2)17(23)10-14-12-25-18(19-14)21-9-5-8-16(21)22/h3-4,6-7,12H,5,8-11H2,1-2H3. The molecule has 0 unspecified atom stereocenters. The molecule has 1 saturated heterocycles. The van der Waals surface area contributed by atoms with Gasteiger partial charge in [0, 0.05) is 37.5 Å². The second-order valence-electron chi connectivity index (χ2n) is 6.01. The third-order valence-corrected chi connectivity index (χ3v) is 5.11. The number of methoxy groups -OCH3 is 1. The van der Waals surface area contributed by atoms with Crippen molar-refractivity contribution in [2.75, 3.05) is 25.6 Å². The zero-order valence-electron chi connectivity index (χ0n) is 14.4. The number of anilines is 1. The van der Waals surface area contributed by atoms with Crippen LogP contribution in [-0.4, -0.2) is 42.4 Å². The Kier molecular flexibility index (Phi) is 5.33. The van der Waals surface area contributed by atoms with Gasteiger partial charge in [0.15, 0.2) is 5.13 Å². The molecule has 0 atom stereocenters. The Morgan fingerprint density at radius 1 is 1.40 bits per heavy atom. The summed E-state index contributed by atoms with van der Waals surface area (Å²) in [5.74, 6) is 0.863. The Morgan fingerprint density at radius 3 is 2.92 bits per heavy atom. The Hall–Kier alpha value is -2.41. The van der Waals surface area contributed by atoms with Gasteiger partial charge in [-0.1, -0.05) is 18.2 Å². The molecule has 1 aliphatic heterocycles. The summed E-state index contributed by atoms with van der Waals surface area (Å²) in [4.78, 5) is 32.1. The van der Waals surface area contributed by atoms with Gasteiger partial charge in [0.1, 0.15) is 5.75 Å². The van der Waals surface area contributed by atoms with Crippen LogP contribution in [0, 0.1) is 0 Å². The fourth-order valence-corrected chi connectivity index (χ4v) is 3.69. The van der Waals surface area contributed by atoms with Crippen LogP contribution < -0.4 is 9.64 Å². The molecule has 0 saturated carbocycles. The number of benzene rings is 1. The second kappa shape index (κ2) is 7.65. The molecule has 0 bridgehead atoms. The summed E-state index contributed by atoms with van der Waals surface area (Å²) in [5.41, 5.74) is 1.67. The Labute approximate surface area is 151 Å². The number of carbonyl (C=O) groups excluding carboxylic acids is 2. The molecule has 1 aromatic carbocycles. The largest absolute Gasteiger partial charge is 0.496 e. The van der Waals surface area contributed by atoms with Crippen LogP contribution in [0.1, 0.15) is 24.1 Å². The monoisotopic (exact) mass is 359 g/mol. The Bertz CT molecular complexity index is 774. The number of aromatic nitrogens is 1. The molecule has 7 heteroatoms. The number of rotatable bonds is 6. The molecule has 25 heavy (non-hydrogen) atoms. The van der Waals surface area contributed by atoms with E-state index in [2.05, 4.69) is 4.98 Å². The fraction of sp³-hybridized carbons (Fsp3) is 0.389. The molecule has 0 radical (unpaired) electrons. The van der Waals surface area contributed by atoms with Crippen molar-refractivity contribution in [3.05, 3.63) is 40.9 Å². The van der Waals surface area contributed by atoms with Crippen molar-refractivity contribution >= 4 is 28.3 Å². The molecule has 6 nitrogen and oxygen atoms in total. The molecule has 3 rings (SSSR count). The van der Waals surface area contributed by atoms with Crippen LogP contribution in [0.4, 0.5) is 5.13 Å². The minimum absolute atomic E-state index is 0.0181. The number of carbonyl (C=O) groups is 2. The molecule has 0 spiro atoms. The van der Waals surface area contributed by atoms with Crippen molar-refractivity contribution in [1.82, 2.24) is 9.88 Å². The zero-order chi connectivity index (χ0) is 17.8. The quantitative estimate of drug-likeness (QED) is 0.795. The van der Waals surface area contributed by atoms with E-state index in [-0.39, 0.29) is 18.2 Å². The van der Waals surface area contributed by atoms with Crippen molar-refractivity contribution in [1.29, 1.82) is 0 Å². The van der Waals surface area contributed by atoms with Crippen molar-refractivity contribution in [2.24, 2.45) is 0 Å². The smallest absolute Gasteiger partial charge is 0.228 e. The number of amides is 2. The molecule has 132 valence electrons. The lowest BCUT2D eigenvalue weighted by Crippen LogP contribution is -2.28. The van der Waals surface area contributed by atoms with Crippen molar-refractivity contribution < 1.29 is 14.3 Å². The average molecular weight is 359 g/mol. The van der Waals surface area contributed by atoms with Crippen LogP contribution >= 0.6 is 11.3 Å². The van der Waals surface area contributed by atoms with Gasteiger partial charge in [-0.25, -0.2) is 4.98 Å². The van der Waals surface area contributed by atoms with Gasteiger partial charge >= 0.3 is 0 Å². The van der Waals surface area contributed by atoms with Gasteiger partial charge in [-0.05, 0) is 12.5 Å². The van der Waals surface area contributed by atoms with E-state index in [4.69, 9.17) is 4.74 Å². The highest BCUT2D eigenvalue weighted by molar-refractivity contribution is 7.14. The predicted octanol–water partition coefficient (Wildman–Crippen LogP) is 2.48. The summed E-state index contributed by atoms with van der Waals surface area (Å²) in [6.07, 6.45) is 1.67. The summed E-state index contributed by atoms with van der Waals surface area (Å²) < 4.78 is 5.33. The Morgan fingerprint density at radius 2 is 2.20 bits per heavy atom. The summed E-state index contributed by atoms with van der Waals surface area (Å²) >= 11 is 1.42. The van der Waals surface area contributed by atoms with Crippen LogP contribution in [0.5, 0.6) is 5.75 Å². The average Bonchev–Trinajstić information content (AvgIpc) is 3.23. The van der Waals surface area contributed by atoms with E-state index >= 15 is 0 Å². The molecule has 1 fully saturated rings. The molecule has 0 aliphatic carbocycles.